The number of carbonyl (C=O) groups is 1. The first-order valence-electron chi connectivity index (χ1n) is 8.64. The van der Waals surface area contributed by atoms with Crippen LogP contribution in [0.1, 0.15) is 58.5 Å². The quantitative estimate of drug-likeness (QED) is 0.765. The van der Waals surface area contributed by atoms with E-state index in [4.69, 9.17) is 0 Å². The Kier molecular flexibility index (Phi) is 4.03. The van der Waals surface area contributed by atoms with Crippen molar-refractivity contribution in [2.75, 3.05) is 5.32 Å². The zero-order valence-corrected chi connectivity index (χ0v) is 15.5. The number of thiophene rings is 1. The van der Waals surface area contributed by atoms with Crippen LogP contribution in [0.25, 0.3) is 10.2 Å². The molecule has 0 unspecified atom stereocenters. The van der Waals surface area contributed by atoms with E-state index in [1.165, 1.54) is 24.2 Å². The van der Waals surface area contributed by atoms with E-state index in [9.17, 15) is 4.79 Å². The highest BCUT2D eigenvalue weighted by atomic mass is 32.1. The first-order chi connectivity index (χ1) is 12.0. The number of aryl methyl sites for hydroxylation is 3. The van der Waals surface area contributed by atoms with Gasteiger partial charge in [0.1, 0.15) is 16.5 Å². The van der Waals surface area contributed by atoms with Crippen LogP contribution < -0.4 is 5.32 Å². The van der Waals surface area contributed by atoms with Crippen LogP contribution in [-0.2, 0) is 0 Å². The maximum Gasteiger partial charge on any atom is 0.267 e. The molecule has 1 fully saturated rings. The van der Waals surface area contributed by atoms with Gasteiger partial charge in [0.2, 0.25) is 0 Å². The molecule has 1 saturated carbocycles. The number of carbonyl (C=O) groups excluding carboxylic acids is 1. The second-order valence-electron chi connectivity index (χ2n) is 6.65. The van der Waals surface area contributed by atoms with E-state index in [1.807, 2.05) is 31.5 Å². The maximum atomic E-state index is 12.9. The third kappa shape index (κ3) is 2.82. The zero-order chi connectivity index (χ0) is 17.6. The van der Waals surface area contributed by atoms with E-state index in [0.717, 1.165) is 46.0 Å². The summed E-state index contributed by atoms with van der Waals surface area (Å²) >= 11 is 1.43. The van der Waals surface area contributed by atoms with Crippen LogP contribution in [0.3, 0.4) is 0 Å². The molecular formula is C18H21N5OS. The molecule has 1 N–H and O–H groups in total. The Morgan fingerprint density at radius 2 is 2.00 bits per heavy atom. The lowest BCUT2D eigenvalue weighted by Crippen LogP contribution is -2.17. The number of fused-ring (bicyclic) bond motifs is 1. The highest BCUT2D eigenvalue weighted by molar-refractivity contribution is 7.20. The number of nitrogens with one attached hydrogen (secondary N) is 1. The molecule has 0 atom stereocenters. The average Bonchev–Trinajstić information content (AvgIpc) is 3.26. The van der Waals surface area contributed by atoms with Gasteiger partial charge in [-0.05, 0) is 39.2 Å². The largest absolute Gasteiger partial charge is 0.306 e. The molecule has 0 aliphatic heterocycles. The minimum atomic E-state index is -0.0997. The summed E-state index contributed by atoms with van der Waals surface area (Å²) in [5, 5.41) is 8.45. The monoisotopic (exact) mass is 355 g/mol. The molecular weight excluding hydrogens is 334 g/mol. The molecule has 0 bridgehead atoms. The third-order valence-corrected chi connectivity index (χ3v) is 6.06. The van der Waals surface area contributed by atoms with Crippen molar-refractivity contribution in [1.82, 2.24) is 19.7 Å². The molecule has 3 aromatic rings. The SMILES string of the molecule is Cc1nc(C)c2c(C)c(C(=O)Nc3ccnn3C3CCCC3)sc2n1. The molecule has 3 heterocycles. The summed E-state index contributed by atoms with van der Waals surface area (Å²) < 4.78 is 1.96. The van der Waals surface area contributed by atoms with E-state index in [0.29, 0.717) is 10.9 Å². The number of rotatable bonds is 3. The second kappa shape index (κ2) is 6.22. The summed E-state index contributed by atoms with van der Waals surface area (Å²) in [5.41, 5.74) is 1.87. The van der Waals surface area contributed by atoms with Crippen LogP contribution in [0.5, 0.6) is 0 Å². The normalized spacial score (nSPS) is 15.2. The molecule has 25 heavy (non-hydrogen) atoms. The van der Waals surface area contributed by atoms with Gasteiger partial charge in [-0.3, -0.25) is 4.79 Å². The number of hydrogen-bond acceptors (Lipinski definition) is 5. The highest BCUT2D eigenvalue weighted by Crippen LogP contribution is 2.33. The number of aromatic nitrogens is 4. The van der Waals surface area contributed by atoms with E-state index < -0.39 is 0 Å². The lowest BCUT2D eigenvalue weighted by atomic mass is 10.1. The van der Waals surface area contributed by atoms with Gasteiger partial charge in [0.15, 0.2) is 0 Å². The first-order valence-corrected chi connectivity index (χ1v) is 9.45. The molecule has 0 radical (unpaired) electrons. The summed E-state index contributed by atoms with van der Waals surface area (Å²) in [5.74, 6) is 1.41. The van der Waals surface area contributed by atoms with Gasteiger partial charge in [0, 0.05) is 17.1 Å². The van der Waals surface area contributed by atoms with Crippen molar-refractivity contribution in [3.05, 3.63) is 34.2 Å². The molecule has 1 aliphatic carbocycles. The van der Waals surface area contributed by atoms with Crippen molar-refractivity contribution in [2.24, 2.45) is 0 Å². The predicted molar refractivity (Wildman–Crippen MR) is 99.3 cm³/mol. The smallest absolute Gasteiger partial charge is 0.267 e. The van der Waals surface area contributed by atoms with Crippen molar-refractivity contribution in [2.45, 2.75) is 52.5 Å². The fourth-order valence-corrected chi connectivity index (χ4v) is 4.89. The Hall–Kier alpha value is -2.28. The molecule has 0 saturated heterocycles. The number of hydrogen-bond donors (Lipinski definition) is 1. The van der Waals surface area contributed by atoms with Crippen molar-refractivity contribution in [3.8, 4) is 0 Å². The minimum absolute atomic E-state index is 0.0997. The van der Waals surface area contributed by atoms with Gasteiger partial charge in [0.05, 0.1) is 17.1 Å². The van der Waals surface area contributed by atoms with Crippen molar-refractivity contribution < 1.29 is 4.79 Å². The molecule has 3 aromatic heterocycles. The fraction of sp³-hybridized carbons (Fsp3) is 0.444. The molecule has 6 nitrogen and oxygen atoms in total. The standard InChI is InChI=1S/C18H21N5OS/c1-10-15-11(2)20-12(3)21-18(15)25-16(10)17(24)22-14-8-9-19-23(14)13-6-4-5-7-13/h8-9,13H,4-7H2,1-3H3,(H,22,24). The Morgan fingerprint density at radius 1 is 1.24 bits per heavy atom. The summed E-state index contributed by atoms with van der Waals surface area (Å²) in [6.45, 7) is 5.81. The van der Waals surface area contributed by atoms with Crippen LogP contribution in [0.2, 0.25) is 0 Å². The van der Waals surface area contributed by atoms with Gasteiger partial charge >= 0.3 is 0 Å². The Labute approximate surface area is 150 Å². The lowest BCUT2D eigenvalue weighted by molar-refractivity contribution is 0.102. The predicted octanol–water partition coefficient (Wildman–Crippen LogP) is 4.18. The molecule has 0 spiro atoms. The van der Waals surface area contributed by atoms with Gasteiger partial charge in [-0.25, -0.2) is 14.6 Å². The van der Waals surface area contributed by atoms with Crippen molar-refractivity contribution in [1.29, 1.82) is 0 Å². The van der Waals surface area contributed by atoms with E-state index in [-0.39, 0.29) is 5.91 Å². The minimum Gasteiger partial charge on any atom is -0.306 e. The first kappa shape index (κ1) is 16.2. The van der Waals surface area contributed by atoms with Gasteiger partial charge in [-0.15, -0.1) is 11.3 Å². The number of anilines is 1. The van der Waals surface area contributed by atoms with E-state index >= 15 is 0 Å². The summed E-state index contributed by atoms with van der Waals surface area (Å²) in [6, 6.07) is 2.26. The van der Waals surface area contributed by atoms with Crippen LogP contribution in [0, 0.1) is 20.8 Å². The van der Waals surface area contributed by atoms with Crippen LogP contribution in [0.15, 0.2) is 12.3 Å². The molecule has 1 aliphatic rings. The Balaban J connectivity index is 1.66. The van der Waals surface area contributed by atoms with Crippen LogP contribution in [-0.4, -0.2) is 25.7 Å². The van der Waals surface area contributed by atoms with Crippen molar-refractivity contribution in [3.63, 3.8) is 0 Å². The molecule has 4 rings (SSSR count). The van der Waals surface area contributed by atoms with Gasteiger partial charge in [0.25, 0.3) is 5.91 Å². The zero-order valence-electron chi connectivity index (χ0n) is 14.7. The summed E-state index contributed by atoms with van der Waals surface area (Å²) in [7, 11) is 0. The second-order valence-corrected chi connectivity index (χ2v) is 7.65. The van der Waals surface area contributed by atoms with Crippen molar-refractivity contribution >= 4 is 33.3 Å². The fourth-order valence-electron chi connectivity index (χ4n) is 3.72. The molecule has 7 heteroatoms. The third-order valence-electron chi connectivity index (χ3n) is 4.87. The van der Waals surface area contributed by atoms with Crippen LogP contribution in [0.4, 0.5) is 5.82 Å². The lowest BCUT2D eigenvalue weighted by Gasteiger charge is -2.14. The average molecular weight is 355 g/mol. The van der Waals surface area contributed by atoms with Gasteiger partial charge < -0.3 is 5.32 Å². The van der Waals surface area contributed by atoms with E-state index in [1.54, 1.807) is 6.20 Å². The van der Waals surface area contributed by atoms with Gasteiger partial charge in [-0.2, -0.15) is 5.10 Å². The molecule has 1 amide bonds. The Morgan fingerprint density at radius 3 is 2.76 bits per heavy atom. The number of nitrogens with zero attached hydrogens (tertiary/aromatic N) is 4. The maximum absolute atomic E-state index is 12.9. The van der Waals surface area contributed by atoms with Gasteiger partial charge in [-0.1, -0.05) is 12.8 Å². The van der Waals surface area contributed by atoms with Crippen LogP contribution >= 0.6 is 11.3 Å². The highest BCUT2D eigenvalue weighted by Gasteiger charge is 2.23. The molecule has 0 aromatic carbocycles. The summed E-state index contributed by atoms with van der Waals surface area (Å²) in [4.78, 5) is 23.4. The summed E-state index contributed by atoms with van der Waals surface area (Å²) in [6.07, 6.45) is 6.46. The number of amides is 1. The Bertz CT molecular complexity index is 952. The van der Waals surface area contributed by atoms with E-state index in [2.05, 4.69) is 20.4 Å². The topological polar surface area (TPSA) is 72.7 Å². The molecule has 130 valence electrons.